The molecule has 0 spiro atoms. The molecule has 0 aliphatic rings. The van der Waals surface area contributed by atoms with Gasteiger partial charge >= 0.3 is 12.1 Å². The van der Waals surface area contributed by atoms with E-state index in [4.69, 9.17) is 16.3 Å². The third-order valence-electron chi connectivity index (χ3n) is 3.12. The number of benzene rings is 1. The Morgan fingerprint density at radius 2 is 1.85 bits per heavy atom. The Kier molecular flexibility index (Phi) is 6.62. The Morgan fingerprint density at radius 1 is 1.19 bits per heavy atom. The molecule has 2 aromatic rings. The SMILES string of the molecule is CC(OC(=O)c1ccc(OCC(F)(F)F)nc1)C(=O)Nc1ccc(Cl)cc1. The zero-order chi connectivity index (χ0) is 20.0. The summed E-state index contributed by atoms with van der Waals surface area (Å²) >= 11 is 5.75. The van der Waals surface area contributed by atoms with Gasteiger partial charge in [0.25, 0.3) is 5.91 Å². The summed E-state index contributed by atoms with van der Waals surface area (Å²) < 4.78 is 45.7. The molecule has 1 amide bonds. The minimum Gasteiger partial charge on any atom is -0.468 e. The highest BCUT2D eigenvalue weighted by Crippen LogP contribution is 2.18. The van der Waals surface area contributed by atoms with Crippen molar-refractivity contribution in [3.63, 3.8) is 0 Å². The van der Waals surface area contributed by atoms with E-state index in [0.29, 0.717) is 10.7 Å². The van der Waals surface area contributed by atoms with Gasteiger partial charge < -0.3 is 14.8 Å². The summed E-state index contributed by atoms with van der Waals surface area (Å²) in [4.78, 5) is 27.6. The summed E-state index contributed by atoms with van der Waals surface area (Å²) in [6, 6.07) is 8.62. The molecule has 0 fully saturated rings. The molecule has 1 aromatic heterocycles. The van der Waals surface area contributed by atoms with Crippen molar-refractivity contribution < 1.29 is 32.2 Å². The van der Waals surface area contributed by atoms with Gasteiger partial charge in [0.1, 0.15) is 0 Å². The first-order chi connectivity index (χ1) is 12.6. The van der Waals surface area contributed by atoms with Gasteiger partial charge in [-0.3, -0.25) is 4.79 Å². The number of nitrogens with zero attached hydrogens (tertiary/aromatic N) is 1. The summed E-state index contributed by atoms with van der Waals surface area (Å²) in [5.41, 5.74) is 0.431. The van der Waals surface area contributed by atoms with Gasteiger partial charge in [0, 0.05) is 23.0 Å². The van der Waals surface area contributed by atoms with Crippen LogP contribution in [0.3, 0.4) is 0 Å². The number of aromatic nitrogens is 1. The van der Waals surface area contributed by atoms with Crippen molar-refractivity contribution in [2.75, 3.05) is 11.9 Å². The van der Waals surface area contributed by atoms with Crippen LogP contribution < -0.4 is 10.1 Å². The van der Waals surface area contributed by atoms with Crippen molar-refractivity contribution in [1.82, 2.24) is 4.98 Å². The first-order valence-corrected chi connectivity index (χ1v) is 7.95. The van der Waals surface area contributed by atoms with E-state index in [0.717, 1.165) is 12.3 Å². The van der Waals surface area contributed by atoms with Crippen LogP contribution in [-0.4, -0.2) is 35.7 Å². The first-order valence-electron chi connectivity index (χ1n) is 7.57. The van der Waals surface area contributed by atoms with Crippen molar-refractivity contribution in [3.05, 3.63) is 53.2 Å². The fraction of sp³-hybridized carbons (Fsp3) is 0.235. The lowest BCUT2D eigenvalue weighted by Crippen LogP contribution is -2.30. The molecule has 10 heteroatoms. The van der Waals surface area contributed by atoms with Gasteiger partial charge in [-0.1, -0.05) is 11.6 Å². The third-order valence-corrected chi connectivity index (χ3v) is 3.37. The van der Waals surface area contributed by atoms with Gasteiger partial charge in [0.2, 0.25) is 5.88 Å². The maximum atomic E-state index is 12.1. The number of anilines is 1. The molecule has 0 aliphatic heterocycles. The summed E-state index contributed by atoms with van der Waals surface area (Å²) in [5.74, 6) is -1.72. The van der Waals surface area contributed by atoms with Crippen molar-refractivity contribution >= 4 is 29.2 Å². The summed E-state index contributed by atoms with van der Waals surface area (Å²) in [5, 5.41) is 3.05. The smallest absolute Gasteiger partial charge is 0.422 e. The molecule has 1 atom stereocenters. The van der Waals surface area contributed by atoms with Crippen molar-refractivity contribution in [1.29, 1.82) is 0 Å². The number of nitrogens with one attached hydrogen (secondary N) is 1. The Bertz CT molecular complexity index is 795. The van der Waals surface area contributed by atoms with E-state index >= 15 is 0 Å². The van der Waals surface area contributed by atoms with E-state index in [1.165, 1.54) is 13.0 Å². The summed E-state index contributed by atoms with van der Waals surface area (Å²) in [6.07, 6.45) is -4.61. The predicted octanol–water partition coefficient (Wildman–Crippen LogP) is 3.86. The number of hydrogen-bond donors (Lipinski definition) is 1. The molecule has 1 N–H and O–H groups in total. The van der Waals surface area contributed by atoms with Crippen LogP contribution in [0.4, 0.5) is 18.9 Å². The number of hydrogen-bond acceptors (Lipinski definition) is 5. The molecule has 6 nitrogen and oxygen atoms in total. The Balaban J connectivity index is 1.89. The molecule has 1 unspecified atom stereocenters. The minimum atomic E-state index is -4.49. The number of amides is 1. The van der Waals surface area contributed by atoms with Crippen LogP contribution in [0.2, 0.25) is 5.02 Å². The molecule has 0 radical (unpaired) electrons. The maximum Gasteiger partial charge on any atom is 0.422 e. The van der Waals surface area contributed by atoms with E-state index in [2.05, 4.69) is 15.0 Å². The number of ether oxygens (including phenoxy) is 2. The molecule has 0 saturated carbocycles. The number of carbonyl (C=O) groups is 2. The fourth-order valence-corrected chi connectivity index (χ4v) is 1.93. The van der Waals surface area contributed by atoms with Gasteiger partial charge in [-0.2, -0.15) is 13.2 Å². The van der Waals surface area contributed by atoms with Gasteiger partial charge in [-0.15, -0.1) is 0 Å². The second-order valence-corrected chi connectivity index (χ2v) is 5.77. The number of pyridine rings is 1. The van der Waals surface area contributed by atoms with Gasteiger partial charge in [0.15, 0.2) is 12.7 Å². The standard InChI is InChI=1S/C17H14ClF3N2O4/c1-10(15(24)23-13-5-3-12(18)4-6-13)27-16(25)11-2-7-14(22-8-11)26-9-17(19,20)21/h2-8,10H,9H2,1H3,(H,23,24). The lowest BCUT2D eigenvalue weighted by atomic mass is 10.2. The highest BCUT2D eigenvalue weighted by molar-refractivity contribution is 6.30. The van der Waals surface area contributed by atoms with Crippen LogP contribution in [0.25, 0.3) is 0 Å². The van der Waals surface area contributed by atoms with E-state index in [1.807, 2.05) is 0 Å². The minimum absolute atomic E-state index is 0.0412. The second kappa shape index (κ2) is 8.72. The average Bonchev–Trinajstić information content (AvgIpc) is 2.61. The zero-order valence-corrected chi connectivity index (χ0v) is 14.7. The lowest BCUT2D eigenvalue weighted by Gasteiger charge is -2.14. The monoisotopic (exact) mass is 402 g/mol. The van der Waals surface area contributed by atoms with Crippen molar-refractivity contribution in [2.24, 2.45) is 0 Å². The molecule has 0 saturated heterocycles. The first kappa shape index (κ1) is 20.5. The third kappa shape index (κ3) is 6.78. The molecular formula is C17H14ClF3N2O4. The van der Waals surface area contributed by atoms with E-state index in [1.54, 1.807) is 24.3 Å². The van der Waals surface area contributed by atoms with Crippen LogP contribution in [0.5, 0.6) is 5.88 Å². The largest absolute Gasteiger partial charge is 0.468 e. The van der Waals surface area contributed by atoms with Crippen LogP contribution in [-0.2, 0) is 9.53 Å². The van der Waals surface area contributed by atoms with Crippen molar-refractivity contribution in [3.8, 4) is 5.88 Å². The van der Waals surface area contributed by atoms with E-state index in [9.17, 15) is 22.8 Å². The zero-order valence-electron chi connectivity index (χ0n) is 13.9. The van der Waals surface area contributed by atoms with Gasteiger partial charge in [-0.05, 0) is 37.3 Å². The maximum absolute atomic E-state index is 12.1. The molecule has 0 aliphatic carbocycles. The van der Waals surface area contributed by atoms with Crippen LogP contribution in [0.15, 0.2) is 42.6 Å². The highest BCUT2D eigenvalue weighted by atomic mass is 35.5. The van der Waals surface area contributed by atoms with Crippen molar-refractivity contribution in [2.45, 2.75) is 19.2 Å². The second-order valence-electron chi connectivity index (χ2n) is 5.33. The topological polar surface area (TPSA) is 77.5 Å². The Morgan fingerprint density at radius 3 is 2.41 bits per heavy atom. The molecule has 144 valence electrons. The number of carbonyl (C=O) groups excluding carboxylic acids is 2. The number of halogens is 4. The fourth-order valence-electron chi connectivity index (χ4n) is 1.80. The summed E-state index contributed by atoms with van der Waals surface area (Å²) in [6.45, 7) is -0.122. The average molecular weight is 403 g/mol. The number of alkyl halides is 3. The van der Waals surface area contributed by atoms with Crippen LogP contribution >= 0.6 is 11.6 Å². The lowest BCUT2D eigenvalue weighted by molar-refractivity contribution is -0.154. The van der Waals surface area contributed by atoms with E-state index < -0.39 is 30.8 Å². The van der Waals surface area contributed by atoms with Crippen LogP contribution in [0, 0.1) is 0 Å². The van der Waals surface area contributed by atoms with Gasteiger partial charge in [-0.25, -0.2) is 9.78 Å². The molecule has 0 bridgehead atoms. The van der Waals surface area contributed by atoms with E-state index in [-0.39, 0.29) is 11.4 Å². The molecule has 27 heavy (non-hydrogen) atoms. The quantitative estimate of drug-likeness (QED) is 0.742. The normalized spacial score (nSPS) is 12.2. The van der Waals surface area contributed by atoms with Gasteiger partial charge in [0.05, 0.1) is 5.56 Å². The highest BCUT2D eigenvalue weighted by Gasteiger charge is 2.28. The number of rotatable bonds is 6. The molecule has 2 rings (SSSR count). The predicted molar refractivity (Wildman–Crippen MR) is 90.7 cm³/mol. The summed E-state index contributed by atoms with van der Waals surface area (Å²) in [7, 11) is 0. The Labute approximate surface area is 157 Å². The number of esters is 1. The molecular weight excluding hydrogens is 389 g/mol. The molecule has 1 heterocycles. The van der Waals surface area contributed by atoms with Crippen LogP contribution in [0.1, 0.15) is 17.3 Å². The Hall–Kier alpha value is -2.81. The molecule has 1 aromatic carbocycles.